The molecule has 0 amide bonds. The van der Waals surface area contributed by atoms with Crippen LogP contribution in [0.3, 0.4) is 0 Å². The molecule has 1 unspecified atom stereocenters. The van der Waals surface area contributed by atoms with Crippen LogP contribution in [-0.4, -0.2) is 17.7 Å². The summed E-state index contributed by atoms with van der Waals surface area (Å²) >= 11 is 4.79. The predicted octanol–water partition coefficient (Wildman–Crippen LogP) is 1.87. The van der Waals surface area contributed by atoms with Crippen LogP contribution in [0.25, 0.3) is 0 Å². The Kier molecular flexibility index (Phi) is 3.95. The van der Waals surface area contributed by atoms with E-state index >= 15 is 0 Å². The minimum absolute atomic E-state index is 0.0555. The Morgan fingerprint density at radius 2 is 2.33 bits per heavy atom. The Bertz CT molecular complexity index is 157. The number of rotatable bonds is 5. The van der Waals surface area contributed by atoms with Crippen molar-refractivity contribution in [1.29, 1.82) is 0 Å². The lowest BCUT2D eigenvalue weighted by molar-refractivity contribution is 0.0868. The highest BCUT2D eigenvalue weighted by Crippen LogP contribution is 2.29. The molecule has 2 nitrogen and oxygen atoms in total. The second-order valence-corrected chi connectivity index (χ2v) is 3.97. The molecule has 1 aliphatic carbocycles. The zero-order valence-corrected chi connectivity index (χ0v) is 8.40. The maximum atomic E-state index is 5.44. The normalized spacial score (nSPS) is 20.1. The third-order valence-corrected chi connectivity index (χ3v) is 2.85. The molecule has 0 aliphatic heterocycles. The molecule has 1 atom stereocenters. The molecule has 1 aliphatic rings. The van der Waals surface area contributed by atoms with Crippen LogP contribution in [0.5, 0.6) is 0 Å². The van der Waals surface area contributed by atoms with Gasteiger partial charge in [-0.2, -0.15) is 0 Å². The summed E-state index contributed by atoms with van der Waals surface area (Å²) in [4.78, 5) is 0.462. The molecule has 1 fully saturated rings. The molecule has 2 N–H and O–H groups in total. The van der Waals surface area contributed by atoms with Gasteiger partial charge in [-0.05, 0) is 19.3 Å². The standard InChI is InChI=1S/C9H17NOS/c1-7(9(10)12)11-6-5-8-3-2-4-8/h7-8H,2-6H2,1H3,(H2,10,12). The molecule has 0 aromatic rings. The molecular weight excluding hydrogens is 170 g/mol. The van der Waals surface area contributed by atoms with Crippen molar-refractivity contribution in [2.45, 2.75) is 38.7 Å². The topological polar surface area (TPSA) is 35.2 Å². The van der Waals surface area contributed by atoms with Crippen molar-refractivity contribution in [3.05, 3.63) is 0 Å². The average Bonchev–Trinajstić information content (AvgIpc) is 1.93. The summed E-state index contributed by atoms with van der Waals surface area (Å²) in [6.07, 6.45) is 5.28. The largest absolute Gasteiger partial charge is 0.391 e. The van der Waals surface area contributed by atoms with Crippen LogP contribution in [-0.2, 0) is 4.74 Å². The third-order valence-electron chi connectivity index (χ3n) is 2.52. The van der Waals surface area contributed by atoms with Gasteiger partial charge in [-0.3, -0.25) is 0 Å². The lowest BCUT2D eigenvalue weighted by Crippen LogP contribution is -2.27. The number of thiocarbonyl (C=S) groups is 1. The first kappa shape index (κ1) is 9.93. The molecule has 0 aromatic heterocycles. The fraction of sp³-hybridized carbons (Fsp3) is 0.889. The van der Waals surface area contributed by atoms with Gasteiger partial charge in [-0.1, -0.05) is 31.5 Å². The Hall–Kier alpha value is -0.150. The van der Waals surface area contributed by atoms with Crippen LogP contribution in [0.15, 0.2) is 0 Å². The smallest absolute Gasteiger partial charge is 0.104 e. The second kappa shape index (κ2) is 4.77. The SMILES string of the molecule is CC(OCCC1CCC1)C(N)=S. The molecular formula is C9H17NOS. The second-order valence-electron chi connectivity index (χ2n) is 3.50. The van der Waals surface area contributed by atoms with E-state index in [1.54, 1.807) is 0 Å². The first-order valence-electron chi connectivity index (χ1n) is 4.61. The highest BCUT2D eigenvalue weighted by atomic mass is 32.1. The summed E-state index contributed by atoms with van der Waals surface area (Å²) in [5.41, 5.74) is 5.41. The van der Waals surface area contributed by atoms with Crippen LogP contribution >= 0.6 is 12.2 Å². The number of hydrogen-bond acceptors (Lipinski definition) is 2. The molecule has 12 heavy (non-hydrogen) atoms. The van der Waals surface area contributed by atoms with Crippen molar-refractivity contribution in [3.63, 3.8) is 0 Å². The molecule has 70 valence electrons. The molecule has 0 aromatic carbocycles. The fourth-order valence-corrected chi connectivity index (χ4v) is 1.34. The monoisotopic (exact) mass is 187 g/mol. The van der Waals surface area contributed by atoms with Crippen LogP contribution in [0.2, 0.25) is 0 Å². The van der Waals surface area contributed by atoms with Gasteiger partial charge in [0.05, 0.1) is 0 Å². The van der Waals surface area contributed by atoms with Crippen LogP contribution in [0, 0.1) is 5.92 Å². The van der Waals surface area contributed by atoms with E-state index in [0.29, 0.717) is 4.99 Å². The van der Waals surface area contributed by atoms with Gasteiger partial charge in [-0.15, -0.1) is 0 Å². The zero-order chi connectivity index (χ0) is 8.97. The van der Waals surface area contributed by atoms with Gasteiger partial charge in [0.1, 0.15) is 11.1 Å². The van der Waals surface area contributed by atoms with Gasteiger partial charge in [0.15, 0.2) is 0 Å². The summed E-state index contributed by atoms with van der Waals surface area (Å²) in [6.45, 7) is 2.71. The van der Waals surface area contributed by atoms with Crippen LogP contribution < -0.4 is 5.73 Å². The van der Waals surface area contributed by atoms with E-state index in [2.05, 4.69) is 0 Å². The zero-order valence-electron chi connectivity index (χ0n) is 7.58. The fourth-order valence-electron chi connectivity index (χ4n) is 1.28. The quantitative estimate of drug-likeness (QED) is 0.667. The maximum Gasteiger partial charge on any atom is 0.104 e. The van der Waals surface area contributed by atoms with Crippen LogP contribution in [0.4, 0.5) is 0 Å². The van der Waals surface area contributed by atoms with Crippen molar-refractivity contribution in [1.82, 2.24) is 0 Å². The minimum Gasteiger partial charge on any atom is -0.391 e. The van der Waals surface area contributed by atoms with Gasteiger partial charge in [0.2, 0.25) is 0 Å². The van der Waals surface area contributed by atoms with E-state index in [-0.39, 0.29) is 6.10 Å². The Morgan fingerprint density at radius 1 is 1.67 bits per heavy atom. The first-order valence-corrected chi connectivity index (χ1v) is 5.02. The number of ether oxygens (including phenoxy) is 1. The summed E-state index contributed by atoms with van der Waals surface area (Å²) in [5.74, 6) is 0.906. The van der Waals surface area contributed by atoms with Crippen molar-refractivity contribution >= 4 is 17.2 Å². The highest BCUT2D eigenvalue weighted by molar-refractivity contribution is 7.80. The van der Waals surface area contributed by atoms with Crippen molar-refractivity contribution in [3.8, 4) is 0 Å². The maximum absolute atomic E-state index is 5.44. The molecule has 1 rings (SSSR count). The number of nitrogens with two attached hydrogens (primary N) is 1. The highest BCUT2D eigenvalue weighted by Gasteiger charge is 2.17. The van der Waals surface area contributed by atoms with Gasteiger partial charge in [-0.25, -0.2) is 0 Å². The molecule has 0 bridgehead atoms. The summed E-state index contributed by atoms with van der Waals surface area (Å²) in [5, 5.41) is 0. The summed E-state index contributed by atoms with van der Waals surface area (Å²) < 4.78 is 5.44. The van der Waals surface area contributed by atoms with Crippen molar-refractivity contribution in [2.24, 2.45) is 11.7 Å². The molecule has 0 saturated heterocycles. The van der Waals surface area contributed by atoms with E-state index in [4.69, 9.17) is 22.7 Å². The van der Waals surface area contributed by atoms with Gasteiger partial charge in [0, 0.05) is 6.61 Å². The molecule has 3 heteroatoms. The molecule has 0 heterocycles. The third kappa shape index (κ3) is 3.07. The lowest BCUT2D eigenvalue weighted by atomic mass is 9.83. The van der Waals surface area contributed by atoms with E-state index in [0.717, 1.165) is 12.5 Å². The van der Waals surface area contributed by atoms with Crippen molar-refractivity contribution in [2.75, 3.05) is 6.61 Å². The lowest BCUT2D eigenvalue weighted by Gasteiger charge is -2.25. The minimum atomic E-state index is -0.0555. The first-order chi connectivity index (χ1) is 5.70. The van der Waals surface area contributed by atoms with E-state index < -0.39 is 0 Å². The number of hydrogen-bond donors (Lipinski definition) is 1. The van der Waals surface area contributed by atoms with Gasteiger partial charge < -0.3 is 10.5 Å². The van der Waals surface area contributed by atoms with Gasteiger partial charge in [0.25, 0.3) is 0 Å². The van der Waals surface area contributed by atoms with Gasteiger partial charge >= 0.3 is 0 Å². The van der Waals surface area contributed by atoms with Crippen molar-refractivity contribution < 1.29 is 4.74 Å². The van der Waals surface area contributed by atoms with E-state index in [9.17, 15) is 0 Å². The Balaban J connectivity index is 1.97. The molecule has 0 radical (unpaired) electrons. The van der Waals surface area contributed by atoms with E-state index in [1.165, 1.54) is 25.7 Å². The van der Waals surface area contributed by atoms with Crippen LogP contribution in [0.1, 0.15) is 32.6 Å². The summed E-state index contributed by atoms with van der Waals surface area (Å²) in [6, 6.07) is 0. The Morgan fingerprint density at radius 3 is 2.75 bits per heavy atom. The molecule has 0 spiro atoms. The molecule has 1 saturated carbocycles. The predicted molar refractivity (Wildman–Crippen MR) is 54.2 cm³/mol. The van der Waals surface area contributed by atoms with E-state index in [1.807, 2.05) is 6.92 Å². The summed E-state index contributed by atoms with van der Waals surface area (Å²) in [7, 11) is 0. The Labute approximate surface area is 79.5 Å². The average molecular weight is 187 g/mol.